The fraction of sp³-hybridized carbons (Fsp3) is 0.417. The summed E-state index contributed by atoms with van der Waals surface area (Å²) in [6.45, 7) is 0.631. The highest BCUT2D eigenvalue weighted by atomic mass is 35.5. The van der Waals surface area contributed by atoms with Gasteiger partial charge >= 0.3 is 5.97 Å². The Morgan fingerprint density at radius 1 is 1.45 bits per heavy atom. The zero-order chi connectivity index (χ0) is 14.9. The molecule has 1 aliphatic heterocycles. The molecule has 8 heteroatoms. The normalized spacial score (nSPS) is 20.1. The monoisotopic (exact) mass is 318 g/mol. The van der Waals surface area contributed by atoms with Crippen molar-refractivity contribution in [1.82, 2.24) is 4.31 Å². The van der Waals surface area contributed by atoms with Gasteiger partial charge in [0.15, 0.2) is 0 Å². The summed E-state index contributed by atoms with van der Waals surface area (Å²) in [5, 5.41) is 0.162. The molecule has 1 unspecified atom stereocenters. The lowest BCUT2D eigenvalue weighted by Gasteiger charge is -2.16. The van der Waals surface area contributed by atoms with Gasteiger partial charge in [-0.1, -0.05) is 11.6 Å². The van der Waals surface area contributed by atoms with Gasteiger partial charge in [0.1, 0.15) is 0 Å². The Hall–Kier alpha value is -1.15. The molecule has 1 atom stereocenters. The van der Waals surface area contributed by atoms with Gasteiger partial charge in [0.25, 0.3) is 0 Å². The van der Waals surface area contributed by atoms with Crippen LogP contribution in [0.2, 0.25) is 5.02 Å². The van der Waals surface area contributed by atoms with Crippen LogP contribution in [0, 0.1) is 0 Å². The molecule has 110 valence electrons. The summed E-state index contributed by atoms with van der Waals surface area (Å²) in [5.41, 5.74) is 5.82. The van der Waals surface area contributed by atoms with Gasteiger partial charge < -0.3 is 10.5 Å². The molecule has 0 spiro atoms. The molecule has 0 aromatic heterocycles. The van der Waals surface area contributed by atoms with Gasteiger partial charge in [-0.25, -0.2) is 13.2 Å². The van der Waals surface area contributed by atoms with Crippen LogP contribution in [0.15, 0.2) is 23.1 Å². The van der Waals surface area contributed by atoms with Crippen molar-refractivity contribution in [2.75, 3.05) is 20.2 Å². The highest BCUT2D eigenvalue weighted by molar-refractivity contribution is 7.89. The molecule has 2 N–H and O–H groups in total. The first kappa shape index (κ1) is 15.2. The van der Waals surface area contributed by atoms with Gasteiger partial charge in [0.05, 0.1) is 17.6 Å². The minimum absolute atomic E-state index is 0.0282. The van der Waals surface area contributed by atoms with Crippen molar-refractivity contribution in [1.29, 1.82) is 0 Å². The largest absolute Gasteiger partial charge is 0.465 e. The molecule has 1 saturated heterocycles. The number of sulfonamides is 1. The summed E-state index contributed by atoms with van der Waals surface area (Å²) in [7, 11) is -2.48. The van der Waals surface area contributed by atoms with Crippen LogP contribution in [0.25, 0.3) is 0 Å². The molecule has 0 bridgehead atoms. The van der Waals surface area contributed by atoms with E-state index in [4.69, 9.17) is 17.3 Å². The van der Waals surface area contributed by atoms with Crippen LogP contribution in [0.4, 0.5) is 0 Å². The number of carbonyl (C=O) groups excluding carboxylic acids is 1. The van der Waals surface area contributed by atoms with Gasteiger partial charge in [-0.2, -0.15) is 4.31 Å². The number of esters is 1. The first-order valence-corrected chi connectivity index (χ1v) is 7.81. The Labute approximate surface area is 122 Å². The van der Waals surface area contributed by atoms with Crippen LogP contribution in [0.1, 0.15) is 16.8 Å². The fourth-order valence-electron chi connectivity index (χ4n) is 2.07. The Morgan fingerprint density at radius 2 is 2.15 bits per heavy atom. The Kier molecular flexibility index (Phi) is 4.33. The predicted molar refractivity (Wildman–Crippen MR) is 74.1 cm³/mol. The van der Waals surface area contributed by atoms with E-state index in [-0.39, 0.29) is 28.1 Å². The predicted octanol–water partition coefficient (Wildman–Crippen LogP) is 0.848. The highest BCUT2D eigenvalue weighted by Crippen LogP contribution is 2.25. The smallest absolute Gasteiger partial charge is 0.337 e. The molecule has 1 aliphatic rings. The van der Waals surface area contributed by atoms with E-state index in [0.717, 1.165) is 0 Å². The van der Waals surface area contributed by atoms with E-state index >= 15 is 0 Å². The summed E-state index contributed by atoms with van der Waals surface area (Å²) in [5.74, 6) is -0.637. The van der Waals surface area contributed by atoms with E-state index in [9.17, 15) is 13.2 Å². The number of hydrogen-bond donors (Lipinski definition) is 1. The molecule has 0 amide bonds. The maximum absolute atomic E-state index is 12.5. The van der Waals surface area contributed by atoms with Crippen LogP contribution in [0.5, 0.6) is 0 Å². The van der Waals surface area contributed by atoms with Gasteiger partial charge in [-0.15, -0.1) is 0 Å². The Bertz CT molecular complexity index is 632. The van der Waals surface area contributed by atoms with E-state index in [0.29, 0.717) is 13.0 Å². The zero-order valence-electron chi connectivity index (χ0n) is 10.9. The van der Waals surface area contributed by atoms with Crippen molar-refractivity contribution in [2.24, 2.45) is 5.73 Å². The zero-order valence-corrected chi connectivity index (χ0v) is 12.4. The quantitative estimate of drug-likeness (QED) is 0.834. The number of rotatable bonds is 3. The van der Waals surface area contributed by atoms with Crippen molar-refractivity contribution >= 4 is 27.6 Å². The lowest BCUT2D eigenvalue weighted by atomic mass is 10.2. The first-order chi connectivity index (χ1) is 9.34. The molecule has 20 heavy (non-hydrogen) atoms. The first-order valence-electron chi connectivity index (χ1n) is 5.99. The number of nitrogens with two attached hydrogens (primary N) is 1. The Morgan fingerprint density at radius 3 is 2.70 bits per heavy atom. The standard InChI is InChI=1S/C12H15ClN2O4S/c1-19-12(16)8-4-9(13)6-11(5-8)20(17,18)15-3-2-10(14)7-15/h4-6,10H,2-3,7,14H2,1H3. The summed E-state index contributed by atoms with van der Waals surface area (Å²) in [4.78, 5) is 11.5. The Balaban J connectivity index is 2.41. The second kappa shape index (κ2) is 5.69. The molecule has 1 fully saturated rings. The summed E-state index contributed by atoms with van der Waals surface area (Å²) in [6.07, 6.45) is 0.615. The number of halogens is 1. The van der Waals surface area contributed by atoms with E-state index in [1.807, 2.05) is 0 Å². The van der Waals surface area contributed by atoms with Crippen molar-refractivity contribution in [2.45, 2.75) is 17.4 Å². The lowest BCUT2D eigenvalue weighted by molar-refractivity contribution is 0.0600. The van der Waals surface area contributed by atoms with Crippen LogP contribution >= 0.6 is 11.6 Å². The molecule has 0 saturated carbocycles. The van der Waals surface area contributed by atoms with E-state index in [1.165, 1.54) is 29.6 Å². The average Bonchev–Trinajstić information content (AvgIpc) is 2.84. The van der Waals surface area contributed by atoms with Crippen LogP contribution in [-0.2, 0) is 14.8 Å². The van der Waals surface area contributed by atoms with Gasteiger partial charge in [-0.3, -0.25) is 0 Å². The summed E-state index contributed by atoms with van der Waals surface area (Å²) >= 11 is 5.88. The molecule has 0 aliphatic carbocycles. The molecule has 1 heterocycles. The van der Waals surface area contributed by atoms with Crippen molar-refractivity contribution < 1.29 is 17.9 Å². The van der Waals surface area contributed by atoms with Gasteiger partial charge in [-0.05, 0) is 24.6 Å². The number of hydrogen-bond acceptors (Lipinski definition) is 5. The molecular weight excluding hydrogens is 304 g/mol. The third-order valence-electron chi connectivity index (χ3n) is 3.12. The number of ether oxygens (including phenoxy) is 1. The molecule has 2 rings (SSSR count). The van der Waals surface area contributed by atoms with Crippen molar-refractivity contribution in [3.63, 3.8) is 0 Å². The maximum Gasteiger partial charge on any atom is 0.337 e. The number of nitrogens with zero attached hydrogens (tertiary/aromatic N) is 1. The third-order valence-corrected chi connectivity index (χ3v) is 5.18. The van der Waals surface area contributed by atoms with Crippen molar-refractivity contribution in [3.05, 3.63) is 28.8 Å². The lowest BCUT2D eigenvalue weighted by Crippen LogP contribution is -2.32. The molecule has 1 aromatic rings. The molecular formula is C12H15ClN2O4S. The minimum atomic E-state index is -3.70. The third kappa shape index (κ3) is 2.95. The number of methoxy groups -OCH3 is 1. The maximum atomic E-state index is 12.5. The van der Waals surface area contributed by atoms with E-state index in [2.05, 4.69) is 4.74 Å². The van der Waals surface area contributed by atoms with E-state index < -0.39 is 16.0 Å². The number of benzene rings is 1. The molecule has 1 aromatic carbocycles. The number of carbonyl (C=O) groups is 1. The molecule has 6 nitrogen and oxygen atoms in total. The topological polar surface area (TPSA) is 89.7 Å². The van der Waals surface area contributed by atoms with E-state index in [1.54, 1.807) is 0 Å². The van der Waals surface area contributed by atoms with Crippen LogP contribution < -0.4 is 5.73 Å². The summed E-state index contributed by atoms with van der Waals surface area (Å²) < 4.78 is 30.8. The van der Waals surface area contributed by atoms with Gasteiger partial charge in [0, 0.05) is 24.2 Å². The summed E-state index contributed by atoms with van der Waals surface area (Å²) in [6, 6.07) is 3.77. The van der Waals surface area contributed by atoms with Crippen LogP contribution in [0.3, 0.4) is 0 Å². The fourth-order valence-corrected chi connectivity index (χ4v) is 3.95. The van der Waals surface area contributed by atoms with Crippen LogP contribution in [-0.4, -0.2) is 44.9 Å². The van der Waals surface area contributed by atoms with Crippen molar-refractivity contribution in [3.8, 4) is 0 Å². The van der Waals surface area contributed by atoms with Gasteiger partial charge in [0.2, 0.25) is 10.0 Å². The SMILES string of the molecule is COC(=O)c1cc(Cl)cc(S(=O)(=O)N2CCC(N)C2)c1. The highest BCUT2D eigenvalue weighted by Gasteiger charge is 2.31. The molecule has 0 radical (unpaired) electrons. The second-order valence-corrected chi connectivity index (χ2v) is 6.95. The minimum Gasteiger partial charge on any atom is -0.465 e. The average molecular weight is 319 g/mol. The second-order valence-electron chi connectivity index (χ2n) is 4.58.